The van der Waals surface area contributed by atoms with Crippen molar-refractivity contribution in [3.05, 3.63) is 0 Å². The van der Waals surface area contributed by atoms with Gasteiger partial charge in [0.15, 0.2) is 0 Å². The highest BCUT2D eigenvalue weighted by Crippen LogP contribution is 2.37. The summed E-state index contributed by atoms with van der Waals surface area (Å²) in [6, 6.07) is 0.341. The molecule has 0 aromatic rings. The SMILES string of the molecule is COC(=O)C1(NCC(C)C)CCN2CCCC21. The van der Waals surface area contributed by atoms with Gasteiger partial charge >= 0.3 is 5.97 Å². The van der Waals surface area contributed by atoms with Crippen molar-refractivity contribution in [2.24, 2.45) is 5.92 Å². The lowest BCUT2D eigenvalue weighted by Gasteiger charge is -2.34. The van der Waals surface area contributed by atoms with Crippen LogP contribution in [0, 0.1) is 5.92 Å². The third-order valence-electron chi connectivity index (χ3n) is 4.10. The van der Waals surface area contributed by atoms with Gasteiger partial charge in [0.1, 0.15) is 5.54 Å². The van der Waals surface area contributed by atoms with E-state index in [9.17, 15) is 4.79 Å². The van der Waals surface area contributed by atoms with E-state index in [1.54, 1.807) is 0 Å². The fraction of sp³-hybridized carbons (Fsp3) is 0.923. The summed E-state index contributed by atoms with van der Waals surface area (Å²) in [6.45, 7) is 7.36. The molecule has 0 spiro atoms. The normalized spacial score (nSPS) is 33.1. The maximum atomic E-state index is 12.2. The number of methoxy groups -OCH3 is 1. The Balaban J connectivity index is 2.15. The smallest absolute Gasteiger partial charge is 0.327 e. The largest absolute Gasteiger partial charge is 0.468 e. The highest BCUT2D eigenvalue weighted by molar-refractivity contribution is 5.82. The van der Waals surface area contributed by atoms with Crippen LogP contribution >= 0.6 is 0 Å². The number of esters is 1. The van der Waals surface area contributed by atoms with E-state index in [-0.39, 0.29) is 5.97 Å². The minimum Gasteiger partial charge on any atom is -0.468 e. The molecule has 0 aliphatic carbocycles. The van der Waals surface area contributed by atoms with Crippen LogP contribution in [0.2, 0.25) is 0 Å². The summed E-state index contributed by atoms with van der Waals surface area (Å²) in [5.41, 5.74) is -0.449. The van der Waals surface area contributed by atoms with Crippen molar-refractivity contribution in [1.82, 2.24) is 10.2 Å². The molecule has 4 heteroatoms. The average Bonchev–Trinajstić information content (AvgIpc) is 2.87. The number of nitrogens with one attached hydrogen (secondary N) is 1. The second-order valence-electron chi connectivity index (χ2n) is 5.68. The topological polar surface area (TPSA) is 41.6 Å². The Labute approximate surface area is 104 Å². The fourth-order valence-electron chi connectivity index (χ4n) is 3.22. The molecule has 0 aromatic carbocycles. The summed E-state index contributed by atoms with van der Waals surface area (Å²) in [7, 11) is 1.50. The fourth-order valence-corrected chi connectivity index (χ4v) is 3.22. The van der Waals surface area contributed by atoms with Crippen LogP contribution in [0.3, 0.4) is 0 Å². The zero-order valence-corrected chi connectivity index (χ0v) is 11.2. The first-order valence-electron chi connectivity index (χ1n) is 6.67. The molecule has 2 rings (SSSR count). The van der Waals surface area contributed by atoms with Gasteiger partial charge in [-0.05, 0) is 38.3 Å². The molecule has 2 fully saturated rings. The van der Waals surface area contributed by atoms with Crippen LogP contribution in [-0.4, -0.2) is 49.2 Å². The lowest BCUT2D eigenvalue weighted by atomic mass is 9.88. The second-order valence-corrected chi connectivity index (χ2v) is 5.68. The molecule has 0 saturated carbocycles. The number of ether oxygens (including phenoxy) is 1. The van der Waals surface area contributed by atoms with Gasteiger partial charge in [-0.15, -0.1) is 0 Å². The first-order valence-corrected chi connectivity index (χ1v) is 6.67. The van der Waals surface area contributed by atoms with Crippen LogP contribution in [0.15, 0.2) is 0 Å². The molecular formula is C13H24N2O2. The van der Waals surface area contributed by atoms with Crippen LogP contribution in [0.5, 0.6) is 0 Å². The number of hydrogen-bond acceptors (Lipinski definition) is 4. The Kier molecular flexibility index (Phi) is 3.73. The molecule has 1 N–H and O–H groups in total. The van der Waals surface area contributed by atoms with Gasteiger partial charge in [-0.3, -0.25) is 4.90 Å². The number of fused-ring (bicyclic) bond motifs is 1. The first kappa shape index (κ1) is 12.8. The summed E-state index contributed by atoms with van der Waals surface area (Å²) in [5, 5.41) is 3.50. The van der Waals surface area contributed by atoms with E-state index in [4.69, 9.17) is 4.74 Å². The second kappa shape index (κ2) is 4.94. The minimum absolute atomic E-state index is 0.0763. The summed E-state index contributed by atoms with van der Waals surface area (Å²) in [5.74, 6) is 0.472. The van der Waals surface area contributed by atoms with E-state index >= 15 is 0 Å². The van der Waals surface area contributed by atoms with Crippen molar-refractivity contribution in [1.29, 1.82) is 0 Å². The molecule has 2 unspecified atom stereocenters. The van der Waals surface area contributed by atoms with Gasteiger partial charge < -0.3 is 10.1 Å². The molecule has 2 heterocycles. The van der Waals surface area contributed by atoms with Crippen LogP contribution in [0.4, 0.5) is 0 Å². The maximum Gasteiger partial charge on any atom is 0.327 e. The van der Waals surface area contributed by atoms with E-state index in [1.807, 2.05) is 0 Å². The molecule has 0 amide bonds. The van der Waals surface area contributed by atoms with Gasteiger partial charge in [-0.25, -0.2) is 4.79 Å². The van der Waals surface area contributed by atoms with Crippen molar-refractivity contribution in [2.75, 3.05) is 26.7 Å². The maximum absolute atomic E-state index is 12.2. The quantitative estimate of drug-likeness (QED) is 0.745. The molecular weight excluding hydrogens is 216 g/mol. The van der Waals surface area contributed by atoms with E-state index in [1.165, 1.54) is 13.5 Å². The van der Waals surface area contributed by atoms with Crippen LogP contribution < -0.4 is 5.32 Å². The van der Waals surface area contributed by atoms with Crippen LogP contribution in [-0.2, 0) is 9.53 Å². The molecule has 98 valence electrons. The third-order valence-corrected chi connectivity index (χ3v) is 4.10. The molecule has 4 nitrogen and oxygen atoms in total. The Morgan fingerprint density at radius 1 is 1.53 bits per heavy atom. The van der Waals surface area contributed by atoms with Gasteiger partial charge in [0.25, 0.3) is 0 Å². The number of hydrogen-bond donors (Lipinski definition) is 1. The summed E-state index contributed by atoms with van der Waals surface area (Å²) >= 11 is 0. The average molecular weight is 240 g/mol. The molecule has 2 saturated heterocycles. The Hall–Kier alpha value is -0.610. The van der Waals surface area contributed by atoms with Crippen molar-refractivity contribution in [3.63, 3.8) is 0 Å². The van der Waals surface area contributed by atoms with Crippen LogP contribution in [0.25, 0.3) is 0 Å². The molecule has 2 aliphatic rings. The number of rotatable bonds is 4. The summed E-state index contributed by atoms with van der Waals surface area (Å²) < 4.78 is 5.05. The first-order chi connectivity index (χ1) is 8.10. The van der Waals surface area contributed by atoms with E-state index < -0.39 is 5.54 Å². The highest BCUT2D eigenvalue weighted by atomic mass is 16.5. The van der Waals surface area contributed by atoms with Gasteiger partial charge in [0, 0.05) is 12.6 Å². The summed E-state index contributed by atoms with van der Waals surface area (Å²) in [6.07, 6.45) is 3.20. The zero-order valence-electron chi connectivity index (χ0n) is 11.2. The predicted molar refractivity (Wildman–Crippen MR) is 66.8 cm³/mol. The lowest BCUT2D eigenvalue weighted by molar-refractivity contribution is -0.149. The van der Waals surface area contributed by atoms with E-state index in [0.717, 1.165) is 32.5 Å². The van der Waals surface area contributed by atoms with Gasteiger partial charge in [-0.2, -0.15) is 0 Å². The van der Waals surface area contributed by atoms with Crippen molar-refractivity contribution >= 4 is 5.97 Å². The van der Waals surface area contributed by atoms with Crippen molar-refractivity contribution in [2.45, 2.75) is 44.7 Å². The minimum atomic E-state index is -0.449. The number of carbonyl (C=O) groups excluding carboxylic acids is 1. The van der Waals surface area contributed by atoms with Crippen LogP contribution in [0.1, 0.15) is 33.1 Å². The zero-order chi connectivity index (χ0) is 12.5. The van der Waals surface area contributed by atoms with E-state index in [0.29, 0.717) is 12.0 Å². The Morgan fingerprint density at radius 3 is 2.94 bits per heavy atom. The molecule has 0 aromatic heterocycles. The molecule has 17 heavy (non-hydrogen) atoms. The Bertz CT molecular complexity index is 293. The number of nitrogens with zero attached hydrogens (tertiary/aromatic N) is 1. The molecule has 0 radical (unpaired) electrons. The summed E-state index contributed by atoms with van der Waals surface area (Å²) in [4.78, 5) is 14.6. The third kappa shape index (κ3) is 2.20. The molecule has 2 atom stereocenters. The molecule has 0 bridgehead atoms. The van der Waals surface area contributed by atoms with Gasteiger partial charge in [0.05, 0.1) is 7.11 Å². The standard InChI is InChI=1S/C13H24N2O2/c1-10(2)9-14-13(12(16)17-3)6-8-15-7-4-5-11(13)15/h10-11,14H,4-9H2,1-3H3. The predicted octanol–water partition coefficient (Wildman–Crippen LogP) is 1.01. The van der Waals surface area contributed by atoms with Crippen molar-refractivity contribution < 1.29 is 9.53 Å². The molecule has 2 aliphatic heterocycles. The number of carbonyl (C=O) groups is 1. The van der Waals surface area contributed by atoms with Gasteiger partial charge in [0.2, 0.25) is 0 Å². The Morgan fingerprint density at radius 2 is 2.29 bits per heavy atom. The highest BCUT2D eigenvalue weighted by Gasteiger charge is 2.54. The van der Waals surface area contributed by atoms with E-state index in [2.05, 4.69) is 24.1 Å². The van der Waals surface area contributed by atoms with Crippen molar-refractivity contribution in [3.8, 4) is 0 Å². The lowest BCUT2D eigenvalue weighted by Crippen LogP contribution is -2.60. The van der Waals surface area contributed by atoms with Gasteiger partial charge in [-0.1, -0.05) is 13.8 Å². The monoisotopic (exact) mass is 240 g/mol.